The van der Waals surface area contributed by atoms with Crippen molar-refractivity contribution < 1.29 is 9.90 Å². The number of nitrogens with one attached hydrogen (secondary N) is 1. The third kappa shape index (κ3) is 3.20. The lowest BCUT2D eigenvalue weighted by Gasteiger charge is -2.07. The summed E-state index contributed by atoms with van der Waals surface area (Å²) < 4.78 is 1.64. The van der Waals surface area contributed by atoms with Gasteiger partial charge in [0.2, 0.25) is 0 Å². The molecule has 0 aromatic carbocycles. The highest BCUT2D eigenvalue weighted by Gasteiger charge is 2.08. The van der Waals surface area contributed by atoms with E-state index in [4.69, 9.17) is 5.11 Å². The SMILES string of the molecule is CC(NCCn1ccnn1)C(=O)O. The predicted octanol–water partition coefficient (Wildman–Crippen LogP) is -0.659. The van der Waals surface area contributed by atoms with Crippen LogP contribution in [0.5, 0.6) is 0 Å². The van der Waals surface area contributed by atoms with Gasteiger partial charge < -0.3 is 10.4 Å². The molecule has 0 bridgehead atoms. The van der Waals surface area contributed by atoms with Gasteiger partial charge in [-0.3, -0.25) is 9.48 Å². The van der Waals surface area contributed by atoms with Crippen LogP contribution in [0.4, 0.5) is 0 Å². The number of aromatic nitrogens is 3. The molecule has 1 heterocycles. The zero-order chi connectivity index (χ0) is 9.68. The van der Waals surface area contributed by atoms with Crippen LogP contribution in [-0.4, -0.2) is 38.7 Å². The van der Waals surface area contributed by atoms with Crippen molar-refractivity contribution in [2.75, 3.05) is 6.54 Å². The van der Waals surface area contributed by atoms with Crippen LogP contribution in [0.1, 0.15) is 6.92 Å². The van der Waals surface area contributed by atoms with E-state index in [0.29, 0.717) is 13.1 Å². The first-order chi connectivity index (χ1) is 6.20. The highest BCUT2D eigenvalue weighted by Crippen LogP contribution is 1.83. The van der Waals surface area contributed by atoms with E-state index in [1.54, 1.807) is 24.0 Å². The number of carboxylic acids is 1. The lowest BCUT2D eigenvalue weighted by atomic mass is 10.3. The average Bonchev–Trinajstić information content (AvgIpc) is 2.56. The fraction of sp³-hybridized carbons (Fsp3) is 0.571. The molecule has 0 aliphatic carbocycles. The lowest BCUT2D eigenvalue weighted by molar-refractivity contribution is -0.139. The lowest BCUT2D eigenvalue weighted by Crippen LogP contribution is -2.35. The highest BCUT2D eigenvalue weighted by molar-refractivity contribution is 5.72. The average molecular weight is 184 g/mol. The van der Waals surface area contributed by atoms with Crippen molar-refractivity contribution in [2.45, 2.75) is 19.5 Å². The molecule has 1 unspecified atom stereocenters. The fourth-order valence-corrected chi connectivity index (χ4v) is 0.835. The second-order valence-electron chi connectivity index (χ2n) is 2.68. The molecule has 1 rings (SSSR count). The second-order valence-corrected chi connectivity index (χ2v) is 2.68. The minimum absolute atomic E-state index is 0.525. The monoisotopic (exact) mass is 184 g/mol. The summed E-state index contributed by atoms with van der Waals surface area (Å²) in [5, 5.41) is 18.7. The van der Waals surface area contributed by atoms with Crippen molar-refractivity contribution in [1.82, 2.24) is 20.3 Å². The Morgan fingerprint density at radius 1 is 1.77 bits per heavy atom. The largest absolute Gasteiger partial charge is 0.480 e. The van der Waals surface area contributed by atoms with Crippen molar-refractivity contribution in [3.05, 3.63) is 12.4 Å². The zero-order valence-electron chi connectivity index (χ0n) is 7.34. The van der Waals surface area contributed by atoms with Crippen molar-refractivity contribution in [2.24, 2.45) is 0 Å². The van der Waals surface area contributed by atoms with Crippen molar-refractivity contribution >= 4 is 5.97 Å². The normalized spacial score (nSPS) is 12.7. The summed E-state index contributed by atoms with van der Waals surface area (Å²) in [6.07, 6.45) is 3.31. The van der Waals surface area contributed by atoms with Gasteiger partial charge in [-0.15, -0.1) is 5.10 Å². The summed E-state index contributed by atoms with van der Waals surface area (Å²) in [6, 6.07) is -0.525. The first-order valence-corrected chi connectivity index (χ1v) is 4.00. The number of carboxylic acid groups (broad SMARTS) is 1. The number of carbonyl (C=O) groups is 1. The quantitative estimate of drug-likeness (QED) is 0.635. The van der Waals surface area contributed by atoms with Gasteiger partial charge in [0.05, 0.1) is 12.7 Å². The van der Waals surface area contributed by atoms with Gasteiger partial charge in [-0.1, -0.05) is 5.21 Å². The zero-order valence-corrected chi connectivity index (χ0v) is 7.34. The number of hydrogen-bond donors (Lipinski definition) is 2. The Bertz CT molecular complexity index is 259. The molecule has 0 aliphatic heterocycles. The summed E-state index contributed by atoms with van der Waals surface area (Å²) in [5.41, 5.74) is 0. The number of rotatable bonds is 5. The van der Waals surface area contributed by atoms with E-state index in [-0.39, 0.29) is 0 Å². The van der Waals surface area contributed by atoms with E-state index >= 15 is 0 Å². The summed E-state index contributed by atoms with van der Waals surface area (Å²) in [7, 11) is 0. The molecule has 1 aromatic rings. The second kappa shape index (κ2) is 4.56. The third-order valence-corrected chi connectivity index (χ3v) is 1.63. The predicted molar refractivity (Wildman–Crippen MR) is 45.1 cm³/mol. The van der Waals surface area contributed by atoms with Crippen LogP contribution >= 0.6 is 0 Å². The van der Waals surface area contributed by atoms with Gasteiger partial charge in [-0.2, -0.15) is 0 Å². The maximum absolute atomic E-state index is 10.4. The maximum Gasteiger partial charge on any atom is 0.320 e. The van der Waals surface area contributed by atoms with Gasteiger partial charge in [0.15, 0.2) is 0 Å². The minimum atomic E-state index is -0.849. The van der Waals surface area contributed by atoms with E-state index in [1.807, 2.05) is 0 Å². The Balaban J connectivity index is 2.18. The van der Waals surface area contributed by atoms with E-state index in [0.717, 1.165) is 0 Å². The Labute approximate surface area is 75.6 Å². The first-order valence-electron chi connectivity index (χ1n) is 4.00. The Morgan fingerprint density at radius 2 is 2.54 bits per heavy atom. The molecule has 72 valence electrons. The molecule has 1 aromatic heterocycles. The molecule has 0 saturated carbocycles. The van der Waals surface area contributed by atoms with Crippen LogP contribution in [0.25, 0.3) is 0 Å². The highest BCUT2D eigenvalue weighted by atomic mass is 16.4. The molecule has 0 amide bonds. The summed E-state index contributed by atoms with van der Waals surface area (Å²) in [4.78, 5) is 10.4. The summed E-state index contributed by atoms with van der Waals surface area (Å²) >= 11 is 0. The van der Waals surface area contributed by atoms with Gasteiger partial charge in [0, 0.05) is 12.7 Å². The molecule has 0 saturated heterocycles. The van der Waals surface area contributed by atoms with Gasteiger partial charge in [-0.05, 0) is 6.92 Å². The van der Waals surface area contributed by atoms with Crippen LogP contribution in [-0.2, 0) is 11.3 Å². The molecular formula is C7H12N4O2. The van der Waals surface area contributed by atoms with Gasteiger partial charge >= 0.3 is 5.97 Å². The molecule has 0 radical (unpaired) electrons. The van der Waals surface area contributed by atoms with Gasteiger partial charge in [-0.25, -0.2) is 0 Å². The van der Waals surface area contributed by atoms with Crippen LogP contribution in [0, 0.1) is 0 Å². The topological polar surface area (TPSA) is 80.0 Å². The number of aliphatic carboxylic acids is 1. The molecule has 13 heavy (non-hydrogen) atoms. The van der Waals surface area contributed by atoms with Crippen molar-refractivity contribution in [3.8, 4) is 0 Å². The summed E-state index contributed by atoms with van der Waals surface area (Å²) in [6.45, 7) is 2.79. The first kappa shape index (κ1) is 9.66. The molecular weight excluding hydrogens is 172 g/mol. The fourth-order valence-electron chi connectivity index (χ4n) is 0.835. The van der Waals surface area contributed by atoms with E-state index in [1.165, 1.54) is 0 Å². The van der Waals surface area contributed by atoms with Crippen LogP contribution in [0.2, 0.25) is 0 Å². The molecule has 1 atom stereocenters. The molecule has 0 fully saturated rings. The van der Waals surface area contributed by atoms with Gasteiger partial charge in [0.25, 0.3) is 0 Å². The van der Waals surface area contributed by atoms with E-state index in [2.05, 4.69) is 15.6 Å². The Morgan fingerprint density at radius 3 is 3.08 bits per heavy atom. The maximum atomic E-state index is 10.4. The van der Waals surface area contributed by atoms with Crippen molar-refractivity contribution in [1.29, 1.82) is 0 Å². The Hall–Kier alpha value is -1.43. The molecule has 6 nitrogen and oxygen atoms in total. The smallest absolute Gasteiger partial charge is 0.320 e. The molecule has 0 spiro atoms. The number of nitrogens with zero attached hydrogens (tertiary/aromatic N) is 3. The van der Waals surface area contributed by atoms with Crippen molar-refractivity contribution in [3.63, 3.8) is 0 Å². The third-order valence-electron chi connectivity index (χ3n) is 1.63. The Kier molecular flexibility index (Phi) is 3.39. The number of hydrogen-bond acceptors (Lipinski definition) is 4. The molecule has 0 aliphatic rings. The van der Waals surface area contributed by atoms with Crippen LogP contribution in [0.3, 0.4) is 0 Å². The summed E-state index contributed by atoms with van der Waals surface area (Å²) in [5.74, 6) is -0.849. The standard InChI is InChI=1S/C7H12N4O2/c1-6(7(12)13)8-2-4-11-5-3-9-10-11/h3,5-6,8H,2,4H2,1H3,(H,12,13). The van der Waals surface area contributed by atoms with E-state index < -0.39 is 12.0 Å². The van der Waals surface area contributed by atoms with Crippen LogP contribution < -0.4 is 5.32 Å². The van der Waals surface area contributed by atoms with E-state index in [9.17, 15) is 4.79 Å². The van der Waals surface area contributed by atoms with Crippen LogP contribution in [0.15, 0.2) is 12.4 Å². The minimum Gasteiger partial charge on any atom is -0.480 e. The van der Waals surface area contributed by atoms with Gasteiger partial charge in [0.1, 0.15) is 6.04 Å². The molecule has 2 N–H and O–H groups in total. The molecule has 6 heteroatoms.